The largest absolute Gasteiger partial charge is 0.306 e. The topological polar surface area (TPSA) is 12.0 Å². The Morgan fingerprint density at radius 3 is 2.61 bits per heavy atom. The first-order chi connectivity index (χ1) is 8.61. The highest BCUT2D eigenvalue weighted by Gasteiger charge is 2.17. The standard InChI is InChI=1S/C14H15Cl2NS/c1-3-17-14(10-6-9(2)18-8-10)12-5-4-11(15)7-13(12)16/h4-8,14,17H,3H2,1-2H3. The Balaban J connectivity index is 2.41. The van der Waals surface area contributed by atoms with Gasteiger partial charge in [0.2, 0.25) is 0 Å². The number of hydrogen-bond acceptors (Lipinski definition) is 2. The van der Waals surface area contributed by atoms with Crippen LogP contribution >= 0.6 is 34.5 Å². The summed E-state index contributed by atoms with van der Waals surface area (Å²) < 4.78 is 0. The van der Waals surface area contributed by atoms with E-state index in [9.17, 15) is 0 Å². The zero-order valence-electron chi connectivity index (χ0n) is 10.3. The van der Waals surface area contributed by atoms with Crippen LogP contribution in [0.3, 0.4) is 0 Å². The second kappa shape index (κ2) is 6.07. The lowest BCUT2D eigenvalue weighted by atomic mass is 10.0. The molecule has 2 rings (SSSR count). The molecule has 0 aliphatic rings. The number of nitrogens with one attached hydrogen (secondary N) is 1. The van der Waals surface area contributed by atoms with E-state index in [1.165, 1.54) is 10.4 Å². The molecule has 96 valence electrons. The lowest BCUT2D eigenvalue weighted by Gasteiger charge is -2.19. The van der Waals surface area contributed by atoms with Gasteiger partial charge in [-0.1, -0.05) is 36.2 Å². The molecule has 2 aromatic rings. The molecule has 0 saturated carbocycles. The fourth-order valence-electron chi connectivity index (χ4n) is 1.96. The van der Waals surface area contributed by atoms with Crippen LogP contribution in [0.2, 0.25) is 10.0 Å². The highest BCUT2D eigenvalue weighted by Crippen LogP contribution is 2.32. The first-order valence-corrected chi connectivity index (χ1v) is 7.48. The van der Waals surface area contributed by atoms with Gasteiger partial charge in [-0.3, -0.25) is 0 Å². The van der Waals surface area contributed by atoms with Crippen LogP contribution in [-0.2, 0) is 0 Å². The summed E-state index contributed by atoms with van der Waals surface area (Å²) in [6.07, 6.45) is 0. The first-order valence-electron chi connectivity index (χ1n) is 5.85. The molecule has 1 heterocycles. The van der Waals surface area contributed by atoms with Crippen molar-refractivity contribution in [3.05, 3.63) is 55.7 Å². The molecular formula is C14H15Cl2NS. The molecule has 1 atom stereocenters. The molecule has 18 heavy (non-hydrogen) atoms. The molecule has 1 aromatic carbocycles. The second-order valence-corrected chi connectivity index (χ2v) is 6.11. The average Bonchev–Trinajstić information content (AvgIpc) is 2.73. The zero-order chi connectivity index (χ0) is 13.1. The van der Waals surface area contributed by atoms with Crippen LogP contribution in [-0.4, -0.2) is 6.54 Å². The van der Waals surface area contributed by atoms with Crippen molar-refractivity contribution in [2.45, 2.75) is 19.9 Å². The molecule has 0 aliphatic heterocycles. The van der Waals surface area contributed by atoms with Crippen LogP contribution in [0, 0.1) is 6.92 Å². The van der Waals surface area contributed by atoms with E-state index < -0.39 is 0 Å². The van der Waals surface area contributed by atoms with E-state index in [2.05, 4.69) is 30.6 Å². The van der Waals surface area contributed by atoms with Gasteiger partial charge in [-0.25, -0.2) is 0 Å². The number of halogens is 2. The summed E-state index contributed by atoms with van der Waals surface area (Å²) in [7, 11) is 0. The van der Waals surface area contributed by atoms with Crippen molar-refractivity contribution in [1.82, 2.24) is 5.32 Å². The Morgan fingerprint density at radius 1 is 1.28 bits per heavy atom. The van der Waals surface area contributed by atoms with E-state index in [1.54, 1.807) is 17.4 Å². The summed E-state index contributed by atoms with van der Waals surface area (Å²) in [5.41, 5.74) is 2.32. The molecule has 1 nitrogen and oxygen atoms in total. The zero-order valence-corrected chi connectivity index (χ0v) is 12.7. The average molecular weight is 300 g/mol. The first kappa shape index (κ1) is 13.9. The number of benzene rings is 1. The summed E-state index contributed by atoms with van der Waals surface area (Å²) in [6, 6.07) is 7.99. The van der Waals surface area contributed by atoms with Gasteiger partial charge >= 0.3 is 0 Å². The molecule has 0 radical (unpaired) electrons. The minimum atomic E-state index is 0.129. The Morgan fingerprint density at radius 2 is 2.06 bits per heavy atom. The maximum absolute atomic E-state index is 6.30. The maximum Gasteiger partial charge on any atom is 0.0599 e. The molecule has 0 bridgehead atoms. The van der Waals surface area contributed by atoms with Gasteiger partial charge in [0.15, 0.2) is 0 Å². The Kier molecular flexibility index (Phi) is 4.68. The number of aryl methyl sites for hydroxylation is 1. The number of rotatable bonds is 4. The normalized spacial score (nSPS) is 12.7. The van der Waals surface area contributed by atoms with Crippen LogP contribution < -0.4 is 5.32 Å². The van der Waals surface area contributed by atoms with Crippen LogP contribution in [0.15, 0.2) is 29.6 Å². The van der Waals surface area contributed by atoms with E-state index in [4.69, 9.17) is 23.2 Å². The molecule has 4 heteroatoms. The van der Waals surface area contributed by atoms with Crippen LogP contribution in [0.4, 0.5) is 0 Å². The van der Waals surface area contributed by atoms with E-state index in [1.807, 2.05) is 12.1 Å². The van der Waals surface area contributed by atoms with Crippen molar-refractivity contribution >= 4 is 34.5 Å². The predicted molar refractivity (Wildman–Crippen MR) is 81.0 cm³/mol. The number of hydrogen-bond donors (Lipinski definition) is 1. The molecule has 1 aromatic heterocycles. The Hall–Kier alpha value is -0.540. The third-order valence-electron chi connectivity index (χ3n) is 2.77. The Bertz CT molecular complexity index is 536. The van der Waals surface area contributed by atoms with Gasteiger partial charge in [-0.15, -0.1) is 11.3 Å². The highest BCUT2D eigenvalue weighted by atomic mass is 35.5. The molecular weight excluding hydrogens is 285 g/mol. The van der Waals surface area contributed by atoms with Gasteiger partial charge in [-0.05, 0) is 48.2 Å². The van der Waals surface area contributed by atoms with Crippen molar-refractivity contribution < 1.29 is 0 Å². The quantitative estimate of drug-likeness (QED) is 0.832. The highest BCUT2D eigenvalue weighted by molar-refractivity contribution is 7.10. The van der Waals surface area contributed by atoms with Gasteiger partial charge in [0, 0.05) is 14.9 Å². The maximum atomic E-state index is 6.30. The van der Waals surface area contributed by atoms with Crippen LogP contribution in [0.25, 0.3) is 0 Å². The molecule has 0 aliphatic carbocycles. The van der Waals surface area contributed by atoms with E-state index in [-0.39, 0.29) is 6.04 Å². The van der Waals surface area contributed by atoms with Gasteiger partial charge in [0.05, 0.1) is 6.04 Å². The van der Waals surface area contributed by atoms with Gasteiger partial charge in [0.1, 0.15) is 0 Å². The smallest absolute Gasteiger partial charge is 0.0599 e. The third kappa shape index (κ3) is 3.07. The molecule has 0 amide bonds. The summed E-state index contributed by atoms with van der Waals surface area (Å²) in [6.45, 7) is 5.09. The third-order valence-corrected chi connectivity index (χ3v) is 4.21. The molecule has 1 N–H and O–H groups in total. The molecule has 0 fully saturated rings. The SMILES string of the molecule is CCNC(c1csc(C)c1)c1ccc(Cl)cc1Cl. The van der Waals surface area contributed by atoms with E-state index in [0.717, 1.165) is 12.1 Å². The van der Waals surface area contributed by atoms with Gasteiger partial charge in [-0.2, -0.15) is 0 Å². The van der Waals surface area contributed by atoms with Gasteiger partial charge < -0.3 is 5.32 Å². The number of thiophene rings is 1. The van der Waals surface area contributed by atoms with E-state index in [0.29, 0.717) is 10.0 Å². The van der Waals surface area contributed by atoms with Crippen molar-refractivity contribution in [3.63, 3.8) is 0 Å². The minimum Gasteiger partial charge on any atom is -0.306 e. The predicted octanol–water partition coefficient (Wildman–Crippen LogP) is 5.06. The monoisotopic (exact) mass is 299 g/mol. The van der Waals surface area contributed by atoms with Gasteiger partial charge in [0.25, 0.3) is 0 Å². The van der Waals surface area contributed by atoms with Crippen molar-refractivity contribution in [3.8, 4) is 0 Å². The Labute approximate surface area is 122 Å². The summed E-state index contributed by atoms with van der Waals surface area (Å²) in [4.78, 5) is 1.30. The van der Waals surface area contributed by atoms with Crippen molar-refractivity contribution in [2.24, 2.45) is 0 Å². The lowest BCUT2D eigenvalue weighted by molar-refractivity contribution is 0.632. The fourth-order valence-corrected chi connectivity index (χ4v) is 3.21. The lowest BCUT2D eigenvalue weighted by Crippen LogP contribution is -2.21. The minimum absolute atomic E-state index is 0.129. The van der Waals surface area contributed by atoms with E-state index >= 15 is 0 Å². The summed E-state index contributed by atoms with van der Waals surface area (Å²) in [5.74, 6) is 0. The van der Waals surface area contributed by atoms with Crippen LogP contribution in [0.5, 0.6) is 0 Å². The summed E-state index contributed by atoms with van der Waals surface area (Å²) in [5, 5.41) is 7.02. The molecule has 0 spiro atoms. The van der Waals surface area contributed by atoms with Crippen molar-refractivity contribution in [1.29, 1.82) is 0 Å². The second-order valence-electron chi connectivity index (χ2n) is 4.15. The summed E-state index contributed by atoms with van der Waals surface area (Å²) >= 11 is 14.0. The molecule has 0 saturated heterocycles. The molecule has 1 unspecified atom stereocenters. The fraction of sp³-hybridized carbons (Fsp3) is 0.286. The van der Waals surface area contributed by atoms with Crippen LogP contribution in [0.1, 0.15) is 29.0 Å². The van der Waals surface area contributed by atoms with Crippen molar-refractivity contribution in [2.75, 3.05) is 6.54 Å².